The van der Waals surface area contributed by atoms with Gasteiger partial charge in [-0.1, -0.05) is 18.5 Å². The first-order valence-electron chi connectivity index (χ1n) is 10.7. The van der Waals surface area contributed by atoms with Crippen LogP contribution in [0, 0.1) is 11.3 Å². The Kier molecular flexibility index (Phi) is 7.10. The maximum Gasteiger partial charge on any atom is 0.236 e. The van der Waals surface area contributed by atoms with Crippen LogP contribution in [0.1, 0.15) is 24.5 Å². The van der Waals surface area contributed by atoms with Crippen molar-refractivity contribution in [2.75, 3.05) is 17.6 Å². The van der Waals surface area contributed by atoms with Crippen LogP contribution in [0.3, 0.4) is 0 Å². The molecule has 180 valence electrons. The summed E-state index contributed by atoms with van der Waals surface area (Å²) in [5.74, 6) is 1.05. The Bertz CT molecular complexity index is 1510. The first-order chi connectivity index (χ1) is 16.8. The second-order valence-electron chi connectivity index (χ2n) is 7.75. The zero-order valence-electron chi connectivity index (χ0n) is 19.0. The smallest absolute Gasteiger partial charge is 0.236 e. The number of sulfonamides is 1. The fourth-order valence-electron chi connectivity index (χ4n) is 3.40. The van der Waals surface area contributed by atoms with E-state index in [2.05, 4.69) is 20.8 Å². The first kappa shape index (κ1) is 24.3. The predicted octanol–water partition coefficient (Wildman–Crippen LogP) is 4.68. The lowest BCUT2D eigenvalue weighted by atomic mass is 10.2. The quantitative estimate of drug-likeness (QED) is 0.346. The summed E-state index contributed by atoms with van der Waals surface area (Å²) in [7, 11) is -3.43. The van der Waals surface area contributed by atoms with E-state index in [1.54, 1.807) is 12.1 Å². The fraction of sp³-hybridized carbons (Fsp3) is 0.208. The number of anilines is 1. The lowest BCUT2D eigenvalue weighted by Gasteiger charge is -2.13. The second kappa shape index (κ2) is 10.2. The second-order valence-corrected chi connectivity index (χ2v) is 9.90. The van der Waals surface area contributed by atoms with E-state index in [1.165, 1.54) is 12.4 Å². The van der Waals surface area contributed by atoms with Crippen molar-refractivity contribution in [3.05, 3.63) is 71.1 Å². The molecule has 4 rings (SSSR count). The molecule has 0 saturated heterocycles. The van der Waals surface area contributed by atoms with Crippen LogP contribution in [-0.2, 0) is 16.6 Å². The fourth-order valence-corrected chi connectivity index (χ4v) is 4.11. The molecule has 0 spiro atoms. The lowest BCUT2D eigenvalue weighted by Crippen LogP contribution is -2.12. The summed E-state index contributed by atoms with van der Waals surface area (Å²) >= 11 is 6.43. The molecule has 11 heteroatoms. The standard InChI is InChI=1S/C24H22ClN5O4S/c1-3-8-33-23-18(12-26)9-19(11-21(23)25)30-7-6-17-10-20(4-5-22(17)30)34-15-16-13-27-24(28-14-16)29-35(2,31)32/h4-7,9-11,13-14H,3,8,15H2,1-2H3,(H,27,28,29). The predicted molar refractivity (Wildman–Crippen MR) is 134 cm³/mol. The summed E-state index contributed by atoms with van der Waals surface area (Å²) in [6, 6.07) is 13.3. The molecule has 0 atom stereocenters. The summed E-state index contributed by atoms with van der Waals surface area (Å²) in [5, 5.41) is 10.9. The van der Waals surface area contributed by atoms with Crippen LogP contribution in [0.4, 0.5) is 5.95 Å². The molecule has 0 aliphatic heterocycles. The molecule has 0 aliphatic rings. The highest BCUT2D eigenvalue weighted by molar-refractivity contribution is 7.91. The van der Waals surface area contributed by atoms with Crippen LogP contribution < -0.4 is 14.2 Å². The monoisotopic (exact) mass is 511 g/mol. The van der Waals surface area contributed by atoms with Crippen LogP contribution in [0.15, 0.2) is 55.0 Å². The van der Waals surface area contributed by atoms with Gasteiger partial charge in [0.25, 0.3) is 0 Å². The minimum Gasteiger partial charge on any atom is -0.491 e. The number of nitrogens with one attached hydrogen (secondary N) is 1. The lowest BCUT2D eigenvalue weighted by molar-refractivity contribution is 0.305. The number of benzene rings is 2. The molecule has 1 N–H and O–H groups in total. The van der Waals surface area contributed by atoms with E-state index in [0.717, 1.165) is 29.3 Å². The molecular weight excluding hydrogens is 490 g/mol. The first-order valence-corrected chi connectivity index (χ1v) is 12.9. The Labute approximate surface area is 208 Å². The number of hydrogen-bond donors (Lipinski definition) is 1. The van der Waals surface area contributed by atoms with Gasteiger partial charge in [0.05, 0.1) is 29.0 Å². The van der Waals surface area contributed by atoms with Gasteiger partial charge in [-0.05, 0) is 42.8 Å². The summed E-state index contributed by atoms with van der Waals surface area (Å²) in [5.41, 5.74) is 2.73. The van der Waals surface area contributed by atoms with Gasteiger partial charge < -0.3 is 14.0 Å². The Balaban J connectivity index is 1.52. The van der Waals surface area contributed by atoms with E-state index in [4.69, 9.17) is 21.1 Å². The number of nitriles is 1. The molecule has 35 heavy (non-hydrogen) atoms. The molecule has 4 aromatic rings. The molecule has 0 fully saturated rings. The van der Waals surface area contributed by atoms with Crippen LogP contribution in [0.2, 0.25) is 5.02 Å². The molecule has 2 aromatic carbocycles. The van der Waals surface area contributed by atoms with Gasteiger partial charge in [-0.2, -0.15) is 5.26 Å². The molecule has 0 aliphatic carbocycles. The number of aromatic nitrogens is 3. The van der Waals surface area contributed by atoms with Crippen LogP contribution >= 0.6 is 11.6 Å². The molecule has 0 unspecified atom stereocenters. The van der Waals surface area contributed by atoms with Gasteiger partial charge in [0.15, 0.2) is 5.75 Å². The summed E-state index contributed by atoms with van der Waals surface area (Å²) in [6.07, 6.45) is 6.74. The van der Waals surface area contributed by atoms with Crippen molar-refractivity contribution in [2.45, 2.75) is 20.0 Å². The zero-order valence-corrected chi connectivity index (χ0v) is 20.6. The van der Waals surface area contributed by atoms with E-state index in [-0.39, 0.29) is 12.6 Å². The minimum atomic E-state index is -3.43. The number of nitrogens with zero attached hydrogens (tertiary/aromatic N) is 4. The van der Waals surface area contributed by atoms with E-state index < -0.39 is 10.0 Å². The van der Waals surface area contributed by atoms with E-state index >= 15 is 0 Å². The van der Waals surface area contributed by atoms with Crippen molar-refractivity contribution in [1.29, 1.82) is 5.26 Å². The summed E-state index contributed by atoms with van der Waals surface area (Å²) in [6.45, 7) is 2.68. The molecule has 9 nitrogen and oxygen atoms in total. The number of ether oxygens (including phenoxy) is 2. The highest BCUT2D eigenvalue weighted by Crippen LogP contribution is 2.33. The van der Waals surface area contributed by atoms with Crippen molar-refractivity contribution < 1.29 is 17.9 Å². The van der Waals surface area contributed by atoms with E-state index in [1.807, 2.05) is 42.0 Å². The van der Waals surface area contributed by atoms with Crippen molar-refractivity contribution >= 4 is 38.5 Å². The highest BCUT2D eigenvalue weighted by atomic mass is 35.5. The normalized spacial score (nSPS) is 11.3. The molecule has 0 radical (unpaired) electrons. The van der Waals surface area contributed by atoms with E-state index in [9.17, 15) is 13.7 Å². The van der Waals surface area contributed by atoms with Crippen molar-refractivity contribution in [2.24, 2.45) is 0 Å². The Morgan fingerprint density at radius 1 is 1.14 bits per heavy atom. The van der Waals surface area contributed by atoms with Gasteiger partial charge in [-0.15, -0.1) is 0 Å². The third kappa shape index (κ3) is 5.82. The number of fused-ring (bicyclic) bond motifs is 1. The summed E-state index contributed by atoms with van der Waals surface area (Å²) in [4.78, 5) is 7.96. The van der Waals surface area contributed by atoms with Crippen LogP contribution in [0.5, 0.6) is 11.5 Å². The maximum atomic E-state index is 11.3. The molecule has 0 bridgehead atoms. The Morgan fingerprint density at radius 2 is 1.91 bits per heavy atom. The number of rotatable bonds is 9. The largest absolute Gasteiger partial charge is 0.491 e. The minimum absolute atomic E-state index is 0.00336. The van der Waals surface area contributed by atoms with Gasteiger partial charge in [0, 0.05) is 35.2 Å². The molecule has 2 aromatic heterocycles. The van der Waals surface area contributed by atoms with Gasteiger partial charge in [-0.25, -0.2) is 18.4 Å². The molecule has 2 heterocycles. The van der Waals surface area contributed by atoms with Gasteiger partial charge in [-0.3, -0.25) is 4.72 Å². The Morgan fingerprint density at radius 3 is 2.60 bits per heavy atom. The van der Waals surface area contributed by atoms with Crippen LogP contribution in [-0.4, -0.2) is 35.8 Å². The number of halogens is 1. The summed E-state index contributed by atoms with van der Waals surface area (Å²) < 4.78 is 38.2. The average molecular weight is 512 g/mol. The molecule has 0 saturated carbocycles. The van der Waals surface area contributed by atoms with Gasteiger partial charge in [0.2, 0.25) is 16.0 Å². The van der Waals surface area contributed by atoms with Crippen molar-refractivity contribution in [1.82, 2.24) is 14.5 Å². The maximum absolute atomic E-state index is 11.3. The van der Waals surface area contributed by atoms with Crippen molar-refractivity contribution in [3.63, 3.8) is 0 Å². The zero-order chi connectivity index (χ0) is 25.0. The van der Waals surface area contributed by atoms with E-state index in [0.29, 0.717) is 34.3 Å². The van der Waals surface area contributed by atoms with Gasteiger partial charge >= 0.3 is 0 Å². The van der Waals surface area contributed by atoms with Crippen LogP contribution in [0.25, 0.3) is 16.6 Å². The molecular formula is C24H22ClN5O4S. The highest BCUT2D eigenvalue weighted by Gasteiger charge is 2.14. The third-order valence-corrected chi connectivity index (χ3v) is 5.76. The Hall–Kier alpha value is -3.81. The SMILES string of the molecule is CCCOc1c(Cl)cc(-n2ccc3cc(OCc4cnc(NS(C)(=O)=O)nc4)ccc32)cc1C#N. The molecule has 0 amide bonds. The third-order valence-electron chi connectivity index (χ3n) is 4.93. The number of hydrogen-bond acceptors (Lipinski definition) is 7. The average Bonchev–Trinajstić information content (AvgIpc) is 3.25. The van der Waals surface area contributed by atoms with Crippen molar-refractivity contribution in [3.8, 4) is 23.3 Å². The van der Waals surface area contributed by atoms with Gasteiger partial charge in [0.1, 0.15) is 18.4 Å². The topological polar surface area (TPSA) is 119 Å².